The van der Waals surface area contributed by atoms with Crippen molar-refractivity contribution in [3.8, 4) is 11.4 Å². The molecule has 2 aromatic heterocycles. The van der Waals surface area contributed by atoms with Gasteiger partial charge in [0.15, 0.2) is 16.1 Å². The van der Waals surface area contributed by atoms with Crippen molar-refractivity contribution in [1.29, 1.82) is 0 Å². The number of halogens is 1. The molecule has 0 spiro atoms. The minimum absolute atomic E-state index is 0.143. The fourth-order valence-electron chi connectivity index (χ4n) is 3.69. The van der Waals surface area contributed by atoms with Crippen LogP contribution in [-0.2, 0) is 17.0 Å². The van der Waals surface area contributed by atoms with Crippen LogP contribution in [0.3, 0.4) is 0 Å². The van der Waals surface area contributed by atoms with Gasteiger partial charge in [0.25, 0.3) is 0 Å². The smallest absolute Gasteiger partial charge is 0.191 e. The van der Waals surface area contributed by atoms with Gasteiger partial charge in [0.05, 0.1) is 18.3 Å². The molecule has 1 saturated heterocycles. The standard InChI is InChI=1S/C24H24FN5OS2/c1-16-4-10-19(11-5-16)26-23-27-20(14-32-23)15-33-24-29-28-22(17-6-8-18(25)9-7-17)30(24)13-21-3-2-12-31-21/h4-11,14,21H,2-3,12-13,15H2,1H3,(H,26,27)/t21-/m0/s1. The van der Waals surface area contributed by atoms with Crippen LogP contribution in [0.15, 0.2) is 59.1 Å². The van der Waals surface area contributed by atoms with Gasteiger partial charge in [-0.1, -0.05) is 29.5 Å². The molecule has 4 aromatic rings. The zero-order valence-corrected chi connectivity index (χ0v) is 19.8. The summed E-state index contributed by atoms with van der Waals surface area (Å²) in [6.07, 6.45) is 2.23. The van der Waals surface area contributed by atoms with Gasteiger partial charge in [-0.25, -0.2) is 9.37 Å². The second-order valence-electron chi connectivity index (χ2n) is 7.98. The Bertz CT molecular complexity index is 1200. The molecule has 0 amide bonds. The van der Waals surface area contributed by atoms with Gasteiger partial charge in [-0.2, -0.15) is 0 Å². The molecule has 0 radical (unpaired) electrons. The SMILES string of the molecule is Cc1ccc(Nc2nc(CSc3nnc(-c4ccc(F)cc4)n3C[C@@H]3CCCO3)cs2)cc1. The molecule has 9 heteroatoms. The van der Waals surface area contributed by atoms with E-state index >= 15 is 0 Å². The summed E-state index contributed by atoms with van der Waals surface area (Å²) in [4.78, 5) is 4.71. The molecule has 33 heavy (non-hydrogen) atoms. The van der Waals surface area contributed by atoms with Crippen molar-refractivity contribution >= 4 is 33.9 Å². The molecule has 0 aliphatic carbocycles. The number of benzene rings is 2. The molecule has 6 nitrogen and oxygen atoms in total. The van der Waals surface area contributed by atoms with E-state index in [2.05, 4.69) is 56.7 Å². The number of anilines is 2. The van der Waals surface area contributed by atoms with Crippen LogP contribution in [0, 0.1) is 12.7 Å². The Hall–Kier alpha value is -2.75. The lowest BCUT2D eigenvalue weighted by Crippen LogP contribution is -2.16. The highest BCUT2D eigenvalue weighted by atomic mass is 32.2. The molecule has 1 atom stereocenters. The largest absolute Gasteiger partial charge is 0.376 e. The van der Waals surface area contributed by atoms with Crippen LogP contribution in [0.1, 0.15) is 24.1 Å². The molecule has 0 saturated carbocycles. The Morgan fingerprint density at radius 3 is 2.73 bits per heavy atom. The lowest BCUT2D eigenvalue weighted by Gasteiger charge is -2.14. The highest BCUT2D eigenvalue weighted by Gasteiger charge is 2.22. The van der Waals surface area contributed by atoms with Crippen molar-refractivity contribution in [2.45, 2.75) is 43.3 Å². The second kappa shape index (κ2) is 10.0. The van der Waals surface area contributed by atoms with E-state index in [1.54, 1.807) is 35.2 Å². The van der Waals surface area contributed by atoms with Crippen molar-refractivity contribution in [2.24, 2.45) is 0 Å². The highest BCUT2D eigenvalue weighted by Crippen LogP contribution is 2.30. The number of thioether (sulfide) groups is 1. The minimum atomic E-state index is -0.267. The quantitative estimate of drug-likeness (QED) is 0.309. The van der Waals surface area contributed by atoms with Crippen LogP contribution >= 0.6 is 23.1 Å². The maximum atomic E-state index is 13.4. The summed E-state index contributed by atoms with van der Waals surface area (Å²) in [7, 11) is 0. The number of ether oxygens (including phenoxy) is 1. The summed E-state index contributed by atoms with van der Waals surface area (Å²) in [5, 5.41) is 16.0. The van der Waals surface area contributed by atoms with Crippen LogP contribution in [0.5, 0.6) is 0 Å². The summed E-state index contributed by atoms with van der Waals surface area (Å²) >= 11 is 3.18. The van der Waals surface area contributed by atoms with Crippen molar-refractivity contribution in [1.82, 2.24) is 19.7 Å². The average Bonchev–Trinajstić information content (AvgIpc) is 3.57. The van der Waals surface area contributed by atoms with E-state index in [1.165, 1.54) is 17.7 Å². The molecule has 1 N–H and O–H groups in total. The van der Waals surface area contributed by atoms with Gasteiger partial charge < -0.3 is 10.1 Å². The first-order chi connectivity index (χ1) is 16.1. The zero-order chi connectivity index (χ0) is 22.6. The van der Waals surface area contributed by atoms with E-state index in [0.29, 0.717) is 12.3 Å². The minimum Gasteiger partial charge on any atom is -0.376 e. The fourth-order valence-corrected chi connectivity index (χ4v) is 5.37. The Morgan fingerprint density at radius 2 is 1.97 bits per heavy atom. The third kappa shape index (κ3) is 5.43. The van der Waals surface area contributed by atoms with E-state index < -0.39 is 0 Å². The highest BCUT2D eigenvalue weighted by molar-refractivity contribution is 7.98. The Kier molecular flexibility index (Phi) is 6.70. The summed E-state index contributed by atoms with van der Waals surface area (Å²) in [5.74, 6) is 1.14. The molecule has 5 rings (SSSR count). The van der Waals surface area contributed by atoms with Gasteiger partial charge in [-0.3, -0.25) is 4.57 Å². The molecule has 170 valence electrons. The fraction of sp³-hybridized carbons (Fsp3) is 0.292. The predicted molar refractivity (Wildman–Crippen MR) is 131 cm³/mol. The molecule has 3 heterocycles. The number of nitrogens with one attached hydrogen (secondary N) is 1. The van der Waals surface area contributed by atoms with Gasteiger partial charge in [-0.15, -0.1) is 21.5 Å². The van der Waals surface area contributed by atoms with E-state index in [0.717, 1.165) is 52.5 Å². The Morgan fingerprint density at radius 1 is 1.15 bits per heavy atom. The summed E-state index contributed by atoms with van der Waals surface area (Å²) in [5.41, 5.74) is 4.07. The molecule has 2 aromatic carbocycles. The Labute approximate surface area is 200 Å². The third-order valence-corrected chi connectivity index (χ3v) is 7.24. The van der Waals surface area contributed by atoms with Crippen molar-refractivity contribution < 1.29 is 9.13 Å². The van der Waals surface area contributed by atoms with Gasteiger partial charge in [0.1, 0.15) is 5.82 Å². The number of rotatable bonds is 8. The maximum absolute atomic E-state index is 13.4. The zero-order valence-electron chi connectivity index (χ0n) is 18.2. The lowest BCUT2D eigenvalue weighted by molar-refractivity contribution is 0.0953. The van der Waals surface area contributed by atoms with Gasteiger partial charge in [0, 0.05) is 29.0 Å². The van der Waals surface area contributed by atoms with Gasteiger partial charge in [0.2, 0.25) is 0 Å². The summed E-state index contributed by atoms with van der Waals surface area (Å²) < 4.78 is 21.4. The summed E-state index contributed by atoms with van der Waals surface area (Å²) in [6.45, 7) is 3.54. The number of hydrogen-bond acceptors (Lipinski definition) is 7. The molecular weight excluding hydrogens is 457 g/mol. The topological polar surface area (TPSA) is 64.9 Å². The van der Waals surface area contributed by atoms with Crippen molar-refractivity contribution in [2.75, 3.05) is 11.9 Å². The van der Waals surface area contributed by atoms with E-state index in [4.69, 9.17) is 9.72 Å². The van der Waals surface area contributed by atoms with Crippen LogP contribution in [0.25, 0.3) is 11.4 Å². The van der Waals surface area contributed by atoms with Gasteiger partial charge in [-0.05, 0) is 56.2 Å². The number of aryl methyl sites for hydroxylation is 1. The van der Waals surface area contributed by atoms with Crippen LogP contribution < -0.4 is 5.32 Å². The first-order valence-corrected chi connectivity index (χ1v) is 12.7. The molecule has 0 unspecified atom stereocenters. The number of nitrogens with zero attached hydrogens (tertiary/aromatic N) is 4. The monoisotopic (exact) mass is 481 g/mol. The van der Waals surface area contributed by atoms with E-state index in [1.807, 2.05) is 0 Å². The van der Waals surface area contributed by atoms with Crippen LogP contribution in [0.2, 0.25) is 0 Å². The van der Waals surface area contributed by atoms with E-state index in [9.17, 15) is 4.39 Å². The van der Waals surface area contributed by atoms with Crippen LogP contribution in [-0.4, -0.2) is 32.5 Å². The normalized spacial score (nSPS) is 15.8. The first-order valence-electron chi connectivity index (χ1n) is 10.9. The number of aromatic nitrogens is 4. The maximum Gasteiger partial charge on any atom is 0.191 e. The second-order valence-corrected chi connectivity index (χ2v) is 9.78. The van der Waals surface area contributed by atoms with Gasteiger partial charge >= 0.3 is 0 Å². The molecular formula is C24H24FN5OS2. The lowest BCUT2D eigenvalue weighted by atomic mass is 10.2. The summed E-state index contributed by atoms with van der Waals surface area (Å²) in [6, 6.07) is 14.6. The van der Waals surface area contributed by atoms with Crippen molar-refractivity contribution in [3.63, 3.8) is 0 Å². The molecule has 1 aliphatic heterocycles. The van der Waals surface area contributed by atoms with Crippen LogP contribution in [0.4, 0.5) is 15.2 Å². The molecule has 0 bridgehead atoms. The molecule has 1 aliphatic rings. The predicted octanol–water partition coefficient (Wildman–Crippen LogP) is 6.06. The van der Waals surface area contributed by atoms with E-state index in [-0.39, 0.29) is 11.9 Å². The van der Waals surface area contributed by atoms with Crippen molar-refractivity contribution in [3.05, 3.63) is 71.0 Å². The third-order valence-electron chi connectivity index (χ3n) is 5.43. The molecule has 1 fully saturated rings. The Balaban J connectivity index is 1.31. The number of thiazole rings is 1. The average molecular weight is 482 g/mol. The first kappa shape index (κ1) is 22.1. The number of hydrogen-bond donors (Lipinski definition) is 1.